The molecule has 1 aromatic heterocycles. The normalized spacial score (nSPS) is 15.7. The molecular weight excluding hydrogens is 298 g/mol. The van der Waals surface area contributed by atoms with E-state index in [-0.39, 0.29) is 11.9 Å². The largest absolute Gasteiger partial charge is 0.346 e. The summed E-state index contributed by atoms with van der Waals surface area (Å²) >= 11 is 0. The molecule has 0 aliphatic heterocycles. The van der Waals surface area contributed by atoms with E-state index in [1.54, 1.807) is 0 Å². The van der Waals surface area contributed by atoms with Gasteiger partial charge in [-0.05, 0) is 58.1 Å². The molecule has 3 rings (SSSR count). The van der Waals surface area contributed by atoms with E-state index >= 15 is 0 Å². The Bertz CT molecular complexity index is 773. The number of aryl methyl sites for hydroxylation is 1. The van der Waals surface area contributed by atoms with Crippen molar-refractivity contribution in [3.05, 3.63) is 58.9 Å². The summed E-state index contributed by atoms with van der Waals surface area (Å²) in [5.74, 6) is 0.0604. The van der Waals surface area contributed by atoms with Crippen LogP contribution in [0.5, 0.6) is 0 Å². The molecule has 1 atom stereocenters. The lowest BCUT2D eigenvalue weighted by Crippen LogP contribution is -2.28. The number of allylic oxidation sites excluding steroid dienone is 1. The number of carbonyl (C=O) groups is 1. The Morgan fingerprint density at radius 3 is 2.75 bits per heavy atom. The summed E-state index contributed by atoms with van der Waals surface area (Å²) in [6.07, 6.45) is 8.14. The summed E-state index contributed by atoms with van der Waals surface area (Å²) in [7, 11) is 0. The first-order valence-corrected chi connectivity index (χ1v) is 8.68. The van der Waals surface area contributed by atoms with Gasteiger partial charge in [-0.15, -0.1) is 0 Å². The predicted molar refractivity (Wildman–Crippen MR) is 96.1 cm³/mol. The molecule has 1 aromatic carbocycles. The van der Waals surface area contributed by atoms with Gasteiger partial charge >= 0.3 is 0 Å². The van der Waals surface area contributed by atoms with Gasteiger partial charge in [-0.1, -0.05) is 24.3 Å². The van der Waals surface area contributed by atoms with Gasteiger partial charge < -0.3 is 5.32 Å². The summed E-state index contributed by atoms with van der Waals surface area (Å²) in [5.41, 5.74) is 5.31. The summed E-state index contributed by atoms with van der Waals surface area (Å²) in [6.45, 7) is 6.15. The Morgan fingerprint density at radius 2 is 2.04 bits per heavy atom. The van der Waals surface area contributed by atoms with Crippen LogP contribution in [0, 0.1) is 13.8 Å². The Hall–Kier alpha value is -2.36. The van der Waals surface area contributed by atoms with E-state index in [9.17, 15) is 4.79 Å². The standard InChI is InChI=1S/C20H25N3O/c1-14-9-7-8-12-19(14)23-16(3)18(13-21-23)15(2)22-20(24)17-10-5-4-6-11-17/h7-10,12-13,15H,4-6,11H2,1-3H3,(H,22,24). The molecule has 0 saturated carbocycles. The quantitative estimate of drug-likeness (QED) is 0.918. The van der Waals surface area contributed by atoms with Crippen molar-refractivity contribution in [1.29, 1.82) is 0 Å². The SMILES string of the molecule is Cc1ccccc1-n1ncc(C(C)NC(=O)C2=CCCCC2)c1C. The number of amides is 1. The first-order valence-electron chi connectivity index (χ1n) is 8.68. The maximum atomic E-state index is 12.4. The number of nitrogens with one attached hydrogen (secondary N) is 1. The van der Waals surface area contributed by atoms with E-state index in [4.69, 9.17) is 0 Å². The van der Waals surface area contributed by atoms with Crippen molar-refractivity contribution in [3.63, 3.8) is 0 Å². The molecule has 0 spiro atoms. The highest BCUT2D eigenvalue weighted by Crippen LogP contribution is 2.23. The molecule has 1 N–H and O–H groups in total. The average molecular weight is 323 g/mol. The second-order valence-corrected chi connectivity index (χ2v) is 6.55. The van der Waals surface area contributed by atoms with E-state index < -0.39 is 0 Å². The topological polar surface area (TPSA) is 46.9 Å². The molecule has 1 unspecified atom stereocenters. The molecule has 0 saturated heterocycles. The van der Waals surface area contributed by atoms with Crippen molar-refractivity contribution in [2.75, 3.05) is 0 Å². The molecule has 0 bridgehead atoms. The van der Waals surface area contributed by atoms with Crippen molar-refractivity contribution in [2.45, 2.75) is 52.5 Å². The number of benzene rings is 1. The van der Waals surface area contributed by atoms with Crippen LogP contribution in [-0.4, -0.2) is 15.7 Å². The number of para-hydroxylation sites is 1. The fourth-order valence-electron chi connectivity index (χ4n) is 3.30. The van der Waals surface area contributed by atoms with Crippen LogP contribution in [0.4, 0.5) is 0 Å². The van der Waals surface area contributed by atoms with Crippen LogP contribution in [0.2, 0.25) is 0 Å². The van der Waals surface area contributed by atoms with E-state index in [0.29, 0.717) is 0 Å². The van der Waals surface area contributed by atoms with Crippen LogP contribution >= 0.6 is 0 Å². The lowest BCUT2D eigenvalue weighted by Gasteiger charge is -2.17. The second-order valence-electron chi connectivity index (χ2n) is 6.55. The Kier molecular flexibility index (Phi) is 4.84. The Balaban J connectivity index is 1.79. The number of rotatable bonds is 4. The molecule has 1 aliphatic carbocycles. The van der Waals surface area contributed by atoms with Crippen LogP contribution in [0.25, 0.3) is 5.69 Å². The van der Waals surface area contributed by atoms with Gasteiger partial charge in [0.15, 0.2) is 0 Å². The third-order valence-corrected chi connectivity index (χ3v) is 4.79. The Morgan fingerprint density at radius 1 is 1.25 bits per heavy atom. The minimum atomic E-state index is -0.0573. The first-order chi connectivity index (χ1) is 11.6. The number of hydrogen-bond donors (Lipinski definition) is 1. The molecule has 1 heterocycles. The minimum Gasteiger partial charge on any atom is -0.346 e. The van der Waals surface area contributed by atoms with Gasteiger partial charge in [0.2, 0.25) is 5.91 Å². The lowest BCUT2D eigenvalue weighted by molar-refractivity contribution is -0.118. The molecule has 4 nitrogen and oxygen atoms in total. The van der Waals surface area contributed by atoms with Crippen LogP contribution < -0.4 is 5.32 Å². The predicted octanol–water partition coefficient (Wildman–Crippen LogP) is 4.17. The summed E-state index contributed by atoms with van der Waals surface area (Å²) in [6, 6.07) is 8.13. The van der Waals surface area contributed by atoms with Crippen LogP contribution in [0.3, 0.4) is 0 Å². The molecule has 4 heteroatoms. The number of aromatic nitrogens is 2. The van der Waals surface area contributed by atoms with Gasteiger partial charge in [-0.2, -0.15) is 5.10 Å². The van der Waals surface area contributed by atoms with Gasteiger partial charge in [-0.25, -0.2) is 4.68 Å². The van der Waals surface area contributed by atoms with Crippen molar-refractivity contribution in [3.8, 4) is 5.69 Å². The first kappa shape index (κ1) is 16.5. The zero-order valence-corrected chi connectivity index (χ0v) is 14.7. The van der Waals surface area contributed by atoms with Crippen LogP contribution in [0.1, 0.15) is 55.5 Å². The zero-order valence-electron chi connectivity index (χ0n) is 14.7. The van der Waals surface area contributed by atoms with E-state index in [2.05, 4.69) is 42.5 Å². The summed E-state index contributed by atoms with van der Waals surface area (Å²) in [4.78, 5) is 12.4. The molecular formula is C20H25N3O. The second kappa shape index (κ2) is 7.04. The molecule has 1 aliphatic rings. The van der Waals surface area contributed by atoms with Crippen molar-refractivity contribution < 1.29 is 4.79 Å². The van der Waals surface area contributed by atoms with Crippen LogP contribution in [-0.2, 0) is 4.79 Å². The highest BCUT2D eigenvalue weighted by Gasteiger charge is 2.19. The maximum Gasteiger partial charge on any atom is 0.247 e. The van der Waals surface area contributed by atoms with E-state index in [1.807, 2.05) is 29.9 Å². The van der Waals surface area contributed by atoms with Gasteiger partial charge in [-0.3, -0.25) is 4.79 Å². The van der Waals surface area contributed by atoms with Crippen molar-refractivity contribution in [2.24, 2.45) is 0 Å². The monoisotopic (exact) mass is 323 g/mol. The zero-order chi connectivity index (χ0) is 17.1. The molecule has 24 heavy (non-hydrogen) atoms. The maximum absolute atomic E-state index is 12.4. The van der Waals surface area contributed by atoms with Gasteiger partial charge in [0, 0.05) is 16.8 Å². The van der Waals surface area contributed by atoms with Gasteiger partial charge in [0.25, 0.3) is 0 Å². The van der Waals surface area contributed by atoms with Crippen molar-refractivity contribution in [1.82, 2.24) is 15.1 Å². The minimum absolute atomic E-state index is 0.0573. The fraction of sp³-hybridized carbons (Fsp3) is 0.400. The summed E-state index contributed by atoms with van der Waals surface area (Å²) < 4.78 is 1.95. The number of carbonyl (C=O) groups excluding carboxylic acids is 1. The van der Waals surface area contributed by atoms with Crippen molar-refractivity contribution >= 4 is 5.91 Å². The highest BCUT2D eigenvalue weighted by molar-refractivity contribution is 5.93. The van der Waals surface area contributed by atoms with E-state index in [1.165, 1.54) is 12.0 Å². The highest BCUT2D eigenvalue weighted by atomic mass is 16.1. The van der Waals surface area contributed by atoms with E-state index in [0.717, 1.165) is 41.8 Å². The Labute approximate surface area is 143 Å². The third kappa shape index (κ3) is 3.28. The molecule has 0 fully saturated rings. The molecule has 2 aromatic rings. The molecule has 126 valence electrons. The van der Waals surface area contributed by atoms with Gasteiger partial charge in [0.1, 0.15) is 0 Å². The molecule has 1 amide bonds. The van der Waals surface area contributed by atoms with Gasteiger partial charge in [0.05, 0.1) is 17.9 Å². The molecule has 0 radical (unpaired) electrons. The summed E-state index contributed by atoms with van der Waals surface area (Å²) in [5, 5.41) is 7.66. The smallest absolute Gasteiger partial charge is 0.247 e. The fourth-order valence-corrected chi connectivity index (χ4v) is 3.30. The average Bonchev–Trinajstić information content (AvgIpc) is 2.97. The number of nitrogens with zero attached hydrogens (tertiary/aromatic N) is 2. The number of hydrogen-bond acceptors (Lipinski definition) is 2. The third-order valence-electron chi connectivity index (χ3n) is 4.79. The lowest BCUT2D eigenvalue weighted by atomic mass is 9.98. The van der Waals surface area contributed by atoms with Crippen LogP contribution in [0.15, 0.2) is 42.1 Å².